The molecule has 1 heterocycles. The van der Waals surface area contributed by atoms with Crippen LogP contribution < -0.4 is 0 Å². The third-order valence-corrected chi connectivity index (χ3v) is 3.07. The molecule has 2 rings (SSSR count). The molecule has 86 valence electrons. The van der Waals surface area contributed by atoms with E-state index in [0.29, 0.717) is 12.5 Å². The van der Waals surface area contributed by atoms with Gasteiger partial charge >= 0.3 is 6.09 Å². The zero-order valence-electron chi connectivity index (χ0n) is 9.72. The Morgan fingerprint density at radius 3 is 2.69 bits per heavy atom. The quantitative estimate of drug-likeness (QED) is 0.765. The Morgan fingerprint density at radius 2 is 2.00 bits per heavy atom. The number of hydrogen-bond acceptors (Lipinski definition) is 2. The minimum atomic E-state index is -0.200. The van der Waals surface area contributed by atoms with Gasteiger partial charge in [0, 0.05) is 19.0 Å². The van der Waals surface area contributed by atoms with Gasteiger partial charge in [-0.3, -0.25) is 0 Å². The smallest absolute Gasteiger partial charge is 0.410 e. The Labute approximate surface area is 96.0 Å². The van der Waals surface area contributed by atoms with Crippen molar-refractivity contribution in [2.24, 2.45) is 5.92 Å². The summed E-state index contributed by atoms with van der Waals surface area (Å²) in [4.78, 5) is 13.4. The van der Waals surface area contributed by atoms with E-state index in [-0.39, 0.29) is 12.2 Å². The lowest BCUT2D eigenvalue weighted by atomic mass is 10.0. The van der Waals surface area contributed by atoms with Gasteiger partial charge in [-0.1, -0.05) is 37.3 Å². The van der Waals surface area contributed by atoms with Crippen LogP contribution in [-0.2, 0) is 11.3 Å². The molecule has 0 radical (unpaired) electrons. The second-order valence-electron chi connectivity index (χ2n) is 4.43. The molecule has 1 aromatic carbocycles. The van der Waals surface area contributed by atoms with Crippen LogP contribution in [0.5, 0.6) is 0 Å². The van der Waals surface area contributed by atoms with E-state index in [2.05, 4.69) is 6.92 Å². The highest BCUT2D eigenvalue weighted by Crippen LogP contribution is 2.19. The van der Waals surface area contributed by atoms with Gasteiger partial charge in [-0.05, 0) is 12.5 Å². The molecule has 0 aromatic heterocycles. The third kappa shape index (κ3) is 2.35. The monoisotopic (exact) mass is 219 g/mol. The molecule has 1 aliphatic rings. The highest BCUT2D eigenvalue weighted by molar-refractivity contribution is 5.68. The Hall–Kier alpha value is -1.51. The number of rotatable bonds is 2. The summed E-state index contributed by atoms with van der Waals surface area (Å²) < 4.78 is 5.27. The summed E-state index contributed by atoms with van der Waals surface area (Å²) in [5.74, 6) is 0.390. The molecule has 2 atom stereocenters. The van der Waals surface area contributed by atoms with Crippen LogP contribution in [0.3, 0.4) is 0 Å². The Morgan fingerprint density at radius 1 is 1.31 bits per heavy atom. The second-order valence-corrected chi connectivity index (χ2v) is 4.43. The molecule has 3 heteroatoms. The van der Waals surface area contributed by atoms with Crippen molar-refractivity contribution in [1.29, 1.82) is 0 Å². The van der Waals surface area contributed by atoms with E-state index in [4.69, 9.17) is 4.74 Å². The summed E-state index contributed by atoms with van der Waals surface area (Å²) in [6.45, 7) is 5.46. The molecule has 0 spiro atoms. The zero-order valence-corrected chi connectivity index (χ0v) is 9.72. The van der Waals surface area contributed by atoms with Crippen molar-refractivity contribution in [3.8, 4) is 0 Å². The number of amides is 1. The maximum Gasteiger partial charge on any atom is 0.410 e. The number of carbonyl (C=O) groups excluding carboxylic acids is 1. The summed E-state index contributed by atoms with van der Waals surface area (Å²) in [5, 5.41) is 0. The van der Waals surface area contributed by atoms with Gasteiger partial charge in [0.1, 0.15) is 6.10 Å². The van der Waals surface area contributed by atoms with Crippen LogP contribution in [0.25, 0.3) is 0 Å². The van der Waals surface area contributed by atoms with Crippen molar-refractivity contribution in [3.63, 3.8) is 0 Å². The van der Waals surface area contributed by atoms with Crippen LogP contribution in [0.1, 0.15) is 19.4 Å². The molecular weight excluding hydrogens is 202 g/mol. The fraction of sp³-hybridized carbons (Fsp3) is 0.462. The van der Waals surface area contributed by atoms with Gasteiger partial charge in [-0.25, -0.2) is 4.79 Å². The lowest BCUT2D eigenvalue weighted by Gasteiger charge is -2.34. The molecule has 0 saturated carbocycles. The van der Waals surface area contributed by atoms with E-state index in [1.165, 1.54) is 0 Å². The van der Waals surface area contributed by atoms with Crippen LogP contribution in [0.15, 0.2) is 30.3 Å². The highest BCUT2D eigenvalue weighted by Gasteiger charge is 2.29. The predicted octanol–water partition coefficient (Wildman–Crippen LogP) is 2.66. The van der Waals surface area contributed by atoms with Crippen molar-refractivity contribution < 1.29 is 9.53 Å². The first kappa shape index (κ1) is 11.0. The summed E-state index contributed by atoms with van der Waals surface area (Å²) >= 11 is 0. The SMILES string of the molecule is C[C@@H]1CN(Cc2ccccc2)C(=O)O[C@@H]1C. The maximum atomic E-state index is 11.7. The van der Waals surface area contributed by atoms with Crippen LogP contribution >= 0.6 is 0 Å². The van der Waals surface area contributed by atoms with E-state index in [0.717, 1.165) is 12.1 Å². The van der Waals surface area contributed by atoms with Gasteiger partial charge in [0.25, 0.3) is 0 Å². The number of carbonyl (C=O) groups is 1. The second kappa shape index (κ2) is 4.56. The van der Waals surface area contributed by atoms with E-state index in [1.54, 1.807) is 4.90 Å². The molecule has 0 bridgehead atoms. The molecule has 1 saturated heterocycles. The predicted molar refractivity (Wildman–Crippen MR) is 62.0 cm³/mol. The average molecular weight is 219 g/mol. The van der Waals surface area contributed by atoms with Crippen molar-refractivity contribution in [3.05, 3.63) is 35.9 Å². The van der Waals surface area contributed by atoms with Crippen LogP contribution in [0.4, 0.5) is 4.79 Å². The molecule has 0 aliphatic carbocycles. The molecule has 3 nitrogen and oxygen atoms in total. The highest BCUT2D eigenvalue weighted by atomic mass is 16.6. The largest absolute Gasteiger partial charge is 0.446 e. The number of cyclic esters (lactones) is 1. The minimum absolute atomic E-state index is 0.0273. The molecule has 0 N–H and O–H groups in total. The average Bonchev–Trinajstić information content (AvgIpc) is 2.27. The van der Waals surface area contributed by atoms with Crippen LogP contribution in [0, 0.1) is 5.92 Å². The fourth-order valence-corrected chi connectivity index (χ4v) is 1.85. The van der Waals surface area contributed by atoms with Crippen molar-refractivity contribution in [2.45, 2.75) is 26.5 Å². The minimum Gasteiger partial charge on any atom is -0.446 e. The van der Waals surface area contributed by atoms with Gasteiger partial charge in [-0.15, -0.1) is 0 Å². The number of ether oxygens (including phenoxy) is 1. The fourth-order valence-electron chi connectivity index (χ4n) is 1.85. The summed E-state index contributed by atoms with van der Waals surface area (Å²) in [7, 11) is 0. The maximum absolute atomic E-state index is 11.7. The molecule has 1 fully saturated rings. The lowest BCUT2D eigenvalue weighted by molar-refractivity contribution is 0.0000363. The van der Waals surface area contributed by atoms with E-state index < -0.39 is 0 Å². The van der Waals surface area contributed by atoms with Crippen molar-refractivity contribution >= 4 is 6.09 Å². The van der Waals surface area contributed by atoms with Gasteiger partial charge < -0.3 is 9.64 Å². The first-order chi connectivity index (χ1) is 7.66. The van der Waals surface area contributed by atoms with E-state index in [9.17, 15) is 4.79 Å². The topological polar surface area (TPSA) is 29.5 Å². The van der Waals surface area contributed by atoms with Crippen LogP contribution in [-0.4, -0.2) is 23.6 Å². The van der Waals surface area contributed by atoms with Gasteiger partial charge in [-0.2, -0.15) is 0 Å². The Balaban J connectivity index is 2.02. The van der Waals surface area contributed by atoms with Crippen LogP contribution in [0.2, 0.25) is 0 Å². The third-order valence-electron chi connectivity index (χ3n) is 3.07. The Bertz CT molecular complexity index is 363. The molecule has 16 heavy (non-hydrogen) atoms. The molecule has 1 amide bonds. The summed E-state index contributed by atoms with van der Waals surface area (Å²) in [6, 6.07) is 9.99. The molecule has 1 aliphatic heterocycles. The molecule has 0 unspecified atom stereocenters. The molecule has 1 aromatic rings. The van der Waals surface area contributed by atoms with Gasteiger partial charge in [0.15, 0.2) is 0 Å². The summed E-state index contributed by atoms with van der Waals surface area (Å²) in [6.07, 6.45) is -0.172. The Kier molecular flexibility index (Phi) is 3.13. The zero-order chi connectivity index (χ0) is 11.5. The van der Waals surface area contributed by atoms with Crippen molar-refractivity contribution in [2.75, 3.05) is 6.54 Å². The summed E-state index contributed by atoms with van der Waals surface area (Å²) in [5.41, 5.74) is 1.14. The van der Waals surface area contributed by atoms with Crippen molar-refractivity contribution in [1.82, 2.24) is 4.90 Å². The number of hydrogen-bond donors (Lipinski definition) is 0. The van der Waals surface area contributed by atoms with E-state index >= 15 is 0 Å². The first-order valence-electron chi connectivity index (χ1n) is 5.66. The van der Waals surface area contributed by atoms with Gasteiger partial charge in [0.05, 0.1) is 0 Å². The molecular formula is C13H17NO2. The standard InChI is InChI=1S/C13H17NO2/c1-10-8-14(13(15)16-11(10)2)9-12-6-4-3-5-7-12/h3-7,10-11H,8-9H2,1-2H3/t10-,11-/m1/s1. The lowest BCUT2D eigenvalue weighted by Crippen LogP contribution is -2.45. The van der Waals surface area contributed by atoms with E-state index in [1.807, 2.05) is 37.3 Å². The first-order valence-corrected chi connectivity index (χ1v) is 5.66. The van der Waals surface area contributed by atoms with Gasteiger partial charge in [0.2, 0.25) is 0 Å². The normalized spacial score (nSPS) is 25.4. The number of benzene rings is 1. The number of nitrogens with zero attached hydrogens (tertiary/aromatic N) is 1.